The van der Waals surface area contributed by atoms with Gasteiger partial charge < -0.3 is 9.84 Å². The largest absolute Gasteiger partial charge is 0.493 e. The molecule has 0 atom stereocenters. The zero-order valence-electron chi connectivity index (χ0n) is 11.3. The van der Waals surface area contributed by atoms with Crippen molar-refractivity contribution in [2.24, 2.45) is 0 Å². The third-order valence-corrected chi connectivity index (χ3v) is 4.63. The molecule has 0 radical (unpaired) electrons. The van der Waals surface area contributed by atoms with Crippen molar-refractivity contribution in [2.45, 2.75) is 24.8 Å². The Kier molecular flexibility index (Phi) is 5.10. The number of ether oxygens (including phenoxy) is 1. The molecular weight excluding hydrogens is 314 g/mol. The van der Waals surface area contributed by atoms with Gasteiger partial charge in [0.15, 0.2) is 0 Å². The van der Waals surface area contributed by atoms with Crippen molar-refractivity contribution in [3.05, 3.63) is 29.3 Å². The quantitative estimate of drug-likeness (QED) is 0.800. The van der Waals surface area contributed by atoms with Crippen molar-refractivity contribution >= 4 is 26.5 Å². The molecule has 2 aromatic rings. The molecule has 0 aliphatic heterocycles. The highest BCUT2D eigenvalue weighted by atomic mass is 32.2. The topological polar surface area (TPSA) is 101 Å². The lowest BCUT2D eigenvalue weighted by Crippen LogP contribution is -2.13. The van der Waals surface area contributed by atoms with Crippen molar-refractivity contribution in [3.8, 4) is 5.75 Å². The highest BCUT2D eigenvalue weighted by Crippen LogP contribution is 2.24. The van der Waals surface area contributed by atoms with E-state index in [2.05, 4.69) is 14.9 Å². The average Bonchev–Trinajstić information content (AvgIpc) is 2.97. The van der Waals surface area contributed by atoms with Gasteiger partial charge >= 0.3 is 0 Å². The van der Waals surface area contributed by atoms with Gasteiger partial charge in [0, 0.05) is 5.56 Å². The van der Waals surface area contributed by atoms with E-state index in [1.807, 2.05) is 6.92 Å². The molecule has 0 saturated heterocycles. The fourth-order valence-corrected chi connectivity index (χ4v) is 3.33. The lowest BCUT2D eigenvalue weighted by atomic mass is 10.2. The summed E-state index contributed by atoms with van der Waals surface area (Å²) in [5, 5.41) is 16.7. The highest BCUT2D eigenvalue weighted by molar-refractivity contribution is 7.93. The minimum Gasteiger partial charge on any atom is -0.493 e. The summed E-state index contributed by atoms with van der Waals surface area (Å²) in [6.07, 6.45) is 0.823. The van der Waals surface area contributed by atoms with Crippen LogP contribution in [0.15, 0.2) is 28.6 Å². The number of sulfonamides is 1. The molecule has 21 heavy (non-hydrogen) atoms. The first-order chi connectivity index (χ1) is 10.1. The van der Waals surface area contributed by atoms with Crippen LogP contribution in [0.4, 0.5) is 5.13 Å². The number of benzene rings is 1. The molecule has 0 saturated carbocycles. The zero-order valence-corrected chi connectivity index (χ0v) is 12.9. The number of rotatable bonds is 7. The number of hydrogen-bond donors (Lipinski definition) is 2. The Labute approximate surface area is 126 Å². The molecular formula is C12H15N3O4S2. The SMILES string of the molecule is CCCOc1ccc(S(=O)(=O)Nc2nncs2)cc1CO. The molecule has 9 heteroatoms. The van der Waals surface area contributed by atoms with E-state index < -0.39 is 10.0 Å². The predicted octanol–water partition coefficient (Wildman–Crippen LogP) is 1.62. The summed E-state index contributed by atoms with van der Waals surface area (Å²) in [5.41, 5.74) is 1.85. The number of anilines is 1. The molecule has 0 amide bonds. The fourth-order valence-electron chi connectivity index (χ4n) is 1.59. The maximum atomic E-state index is 12.2. The van der Waals surface area contributed by atoms with Crippen molar-refractivity contribution in [2.75, 3.05) is 11.3 Å². The van der Waals surface area contributed by atoms with E-state index in [4.69, 9.17) is 4.74 Å². The number of aliphatic hydroxyl groups is 1. The summed E-state index contributed by atoms with van der Waals surface area (Å²) in [6.45, 7) is 2.16. The van der Waals surface area contributed by atoms with Crippen molar-refractivity contribution in [1.29, 1.82) is 0 Å². The van der Waals surface area contributed by atoms with Gasteiger partial charge in [-0.2, -0.15) is 0 Å². The second-order valence-corrected chi connectivity index (χ2v) is 6.64. The maximum Gasteiger partial charge on any atom is 0.263 e. The minimum atomic E-state index is -3.76. The molecule has 0 aliphatic rings. The number of nitrogens with one attached hydrogen (secondary N) is 1. The number of aliphatic hydroxyl groups excluding tert-OH is 1. The van der Waals surface area contributed by atoms with Gasteiger partial charge in [0.05, 0.1) is 18.1 Å². The van der Waals surface area contributed by atoms with E-state index in [0.29, 0.717) is 17.9 Å². The van der Waals surface area contributed by atoms with E-state index >= 15 is 0 Å². The van der Waals surface area contributed by atoms with Gasteiger partial charge in [-0.1, -0.05) is 18.3 Å². The van der Waals surface area contributed by atoms with Gasteiger partial charge in [-0.15, -0.1) is 10.2 Å². The molecule has 0 spiro atoms. The maximum absolute atomic E-state index is 12.2. The summed E-state index contributed by atoms with van der Waals surface area (Å²) in [4.78, 5) is 0.0330. The lowest BCUT2D eigenvalue weighted by Gasteiger charge is -2.11. The first-order valence-electron chi connectivity index (χ1n) is 6.22. The summed E-state index contributed by atoms with van der Waals surface area (Å²) in [5.74, 6) is 0.481. The van der Waals surface area contributed by atoms with E-state index in [1.165, 1.54) is 23.7 Å². The summed E-state index contributed by atoms with van der Waals surface area (Å²) in [7, 11) is -3.76. The van der Waals surface area contributed by atoms with Crippen LogP contribution in [0.1, 0.15) is 18.9 Å². The van der Waals surface area contributed by atoms with Gasteiger partial charge in [-0.05, 0) is 24.6 Å². The Morgan fingerprint density at radius 2 is 2.24 bits per heavy atom. The Morgan fingerprint density at radius 3 is 2.86 bits per heavy atom. The average molecular weight is 329 g/mol. The molecule has 0 aliphatic carbocycles. The molecule has 7 nitrogen and oxygen atoms in total. The van der Waals surface area contributed by atoms with Gasteiger partial charge in [0.25, 0.3) is 10.0 Å². The van der Waals surface area contributed by atoms with Crippen LogP contribution in [0, 0.1) is 0 Å². The second-order valence-electron chi connectivity index (χ2n) is 4.13. The zero-order chi connectivity index (χ0) is 15.3. The Hall–Kier alpha value is -1.71. The molecule has 1 aromatic carbocycles. The fraction of sp³-hybridized carbons (Fsp3) is 0.333. The first kappa shape index (κ1) is 15.7. The van der Waals surface area contributed by atoms with Crippen LogP contribution in [0.3, 0.4) is 0 Å². The molecule has 0 bridgehead atoms. The molecule has 0 fully saturated rings. The molecule has 114 valence electrons. The van der Waals surface area contributed by atoms with Gasteiger partial charge in [0.1, 0.15) is 11.3 Å². The standard InChI is InChI=1S/C12H15N3O4S2/c1-2-5-19-11-4-3-10(6-9(11)7-16)21(17,18)15-12-14-13-8-20-12/h3-4,6,8,16H,2,5,7H2,1H3,(H,14,15). The monoisotopic (exact) mass is 329 g/mol. The lowest BCUT2D eigenvalue weighted by molar-refractivity contribution is 0.262. The van der Waals surface area contributed by atoms with Crippen molar-refractivity contribution in [1.82, 2.24) is 10.2 Å². The smallest absolute Gasteiger partial charge is 0.263 e. The molecule has 2 rings (SSSR count). The normalized spacial score (nSPS) is 11.3. The van der Waals surface area contributed by atoms with Crippen LogP contribution >= 0.6 is 11.3 Å². The summed E-state index contributed by atoms with van der Waals surface area (Å²) in [6, 6.07) is 4.35. The predicted molar refractivity (Wildman–Crippen MR) is 78.9 cm³/mol. The summed E-state index contributed by atoms with van der Waals surface area (Å²) < 4.78 is 32.2. The first-order valence-corrected chi connectivity index (χ1v) is 8.58. The van der Waals surface area contributed by atoms with Gasteiger partial charge in [-0.3, -0.25) is 4.72 Å². The van der Waals surface area contributed by atoms with Gasteiger partial charge in [0.2, 0.25) is 5.13 Å². The van der Waals surface area contributed by atoms with Crippen LogP contribution in [-0.4, -0.2) is 30.3 Å². The van der Waals surface area contributed by atoms with E-state index in [9.17, 15) is 13.5 Å². The molecule has 0 unspecified atom stereocenters. The number of aromatic nitrogens is 2. The minimum absolute atomic E-state index is 0.0330. The molecule has 1 aromatic heterocycles. The van der Waals surface area contributed by atoms with E-state index in [-0.39, 0.29) is 16.6 Å². The molecule has 1 heterocycles. The van der Waals surface area contributed by atoms with Crippen molar-refractivity contribution < 1.29 is 18.3 Å². The van der Waals surface area contributed by atoms with Gasteiger partial charge in [-0.25, -0.2) is 8.42 Å². The number of hydrogen-bond acceptors (Lipinski definition) is 7. The Balaban J connectivity index is 2.27. The van der Waals surface area contributed by atoms with Crippen LogP contribution in [0.2, 0.25) is 0 Å². The third kappa shape index (κ3) is 3.90. The van der Waals surface area contributed by atoms with Crippen LogP contribution < -0.4 is 9.46 Å². The van der Waals surface area contributed by atoms with E-state index in [1.54, 1.807) is 0 Å². The molecule has 2 N–H and O–H groups in total. The van der Waals surface area contributed by atoms with Crippen LogP contribution in [-0.2, 0) is 16.6 Å². The van der Waals surface area contributed by atoms with Crippen LogP contribution in [0.5, 0.6) is 5.75 Å². The highest BCUT2D eigenvalue weighted by Gasteiger charge is 2.18. The van der Waals surface area contributed by atoms with Crippen molar-refractivity contribution in [3.63, 3.8) is 0 Å². The third-order valence-electron chi connectivity index (χ3n) is 2.56. The van der Waals surface area contributed by atoms with Crippen LogP contribution in [0.25, 0.3) is 0 Å². The van der Waals surface area contributed by atoms with E-state index in [0.717, 1.165) is 17.8 Å². The summed E-state index contributed by atoms with van der Waals surface area (Å²) >= 11 is 1.08. The Bertz CT molecular complexity index is 687. The number of nitrogens with zero attached hydrogens (tertiary/aromatic N) is 2. The Morgan fingerprint density at radius 1 is 1.43 bits per heavy atom. The second kappa shape index (κ2) is 6.83.